The van der Waals surface area contributed by atoms with Crippen molar-refractivity contribution in [1.29, 1.82) is 0 Å². The van der Waals surface area contributed by atoms with Crippen LogP contribution in [0.25, 0.3) is 11.3 Å². The van der Waals surface area contributed by atoms with Crippen LogP contribution in [0.1, 0.15) is 57.1 Å². The SMILES string of the molecule is CCOCCSc1nc2c(c(=O)[nH]1)[C@](C)(C1CCCCC1)Cc1ccccc1-2. The van der Waals surface area contributed by atoms with Gasteiger partial charge in [0, 0.05) is 23.3 Å². The molecule has 0 radical (unpaired) electrons. The quantitative estimate of drug-likeness (QED) is 0.424. The number of thioether (sulfide) groups is 1. The van der Waals surface area contributed by atoms with Crippen molar-refractivity contribution in [1.82, 2.24) is 9.97 Å². The molecule has 2 aliphatic carbocycles. The summed E-state index contributed by atoms with van der Waals surface area (Å²) in [7, 11) is 0. The molecule has 150 valence electrons. The molecule has 1 fully saturated rings. The van der Waals surface area contributed by atoms with Crippen molar-refractivity contribution in [3.8, 4) is 11.3 Å². The average Bonchev–Trinajstić information content (AvgIpc) is 2.71. The van der Waals surface area contributed by atoms with Crippen molar-refractivity contribution in [2.24, 2.45) is 5.92 Å². The van der Waals surface area contributed by atoms with Crippen LogP contribution in [0.15, 0.2) is 34.2 Å². The Hall–Kier alpha value is -1.59. The van der Waals surface area contributed by atoms with E-state index in [1.807, 2.05) is 6.92 Å². The van der Waals surface area contributed by atoms with Crippen LogP contribution in [0.5, 0.6) is 0 Å². The Morgan fingerprint density at radius 3 is 2.82 bits per heavy atom. The molecule has 0 saturated heterocycles. The maximum Gasteiger partial charge on any atom is 0.255 e. The Bertz CT molecular complexity index is 888. The number of aromatic amines is 1. The lowest BCUT2D eigenvalue weighted by Gasteiger charge is -2.43. The van der Waals surface area contributed by atoms with E-state index in [-0.39, 0.29) is 11.0 Å². The Balaban J connectivity index is 1.77. The average molecular weight is 399 g/mol. The van der Waals surface area contributed by atoms with Gasteiger partial charge in [-0.25, -0.2) is 4.98 Å². The molecule has 0 aliphatic heterocycles. The van der Waals surface area contributed by atoms with Gasteiger partial charge in [-0.05, 0) is 37.7 Å². The fourth-order valence-electron chi connectivity index (χ4n) is 5.06. The van der Waals surface area contributed by atoms with Gasteiger partial charge in [-0.1, -0.05) is 62.2 Å². The zero-order valence-corrected chi connectivity index (χ0v) is 17.7. The molecule has 28 heavy (non-hydrogen) atoms. The number of benzene rings is 1. The van der Waals surface area contributed by atoms with E-state index in [4.69, 9.17) is 9.72 Å². The minimum absolute atomic E-state index is 0.0477. The third-order valence-corrected chi connectivity index (χ3v) is 7.31. The first-order valence-corrected chi connectivity index (χ1v) is 11.6. The summed E-state index contributed by atoms with van der Waals surface area (Å²) >= 11 is 1.57. The second kappa shape index (κ2) is 8.42. The number of aromatic nitrogens is 2. The van der Waals surface area contributed by atoms with Crippen LogP contribution in [0, 0.1) is 5.92 Å². The molecule has 0 bridgehead atoms. The maximum absolute atomic E-state index is 13.3. The second-order valence-electron chi connectivity index (χ2n) is 8.23. The zero-order chi connectivity index (χ0) is 19.6. The highest BCUT2D eigenvalue weighted by Gasteiger charge is 2.44. The third-order valence-electron chi connectivity index (χ3n) is 6.48. The van der Waals surface area contributed by atoms with Crippen LogP contribution in [0.3, 0.4) is 0 Å². The molecule has 1 N–H and O–H groups in total. The summed E-state index contributed by atoms with van der Waals surface area (Å²) in [5.74, 6) is 1.34. The van der Waals surface area contributed by atoms with E-state index in [0.29, 0.717) is 24.3 Å². The van der Waals surface area contributed by atoms with Crippen molar-refractivity contribution < 1.29 is 4.74 Å². The van der Waals surface area contributed by atoms with Crippen LogP contribution in [0.4, 0.5) is 0 Å². The molecule has 4 rings (SSSR count). The predicted octanol–water partition coefficient (Wildman–Crippen LogP) is 4.96. The number of hydrogen-bond acceptors (Lipinski definition) is 4. The summed E-state index contributed by atoms with van der Waals surface area (Å²) < 4.78 is 5.43. The molecule has 1 atom stereocenters. The highest BCUT2D eigenvalue weighted by Crippen LogP contribution is 2.48. The highest BCUT2D eigenvalue weighted by atomic mass is 32.2. The lowest BCUT2D eigenvalue weighted by Crippen LogP contribution is -2.43. The summed E-state index contributed by atoms with van der Waals surface area (Å²) in [6.45, 7) is 5.67. The van der Waals surface area contributed by atoms with Gasteiger partial charge in [-0.2, -0.15) is 0 Å². The van der Waals surface area contributed by atoms with Gasteiger partial charge < -0.3 is 9.72 Å². The van der Waals surface area contributed by atoms with E-state index in [1.165, 1.54) is 37.7 Å². The fraction of sp³-hybridized carbons (Fsp3) is 0.565. The van der Waals surface area contributed by atoms with E-state index in [2.05, 4.69) is 36.2 Å². The maximum atomic E-state index is 13.3. The van der Waals surface area contributed by atoms with Crippen LogP contribution >= 0.6 is 11.8 Å². The van der Waals surface area contributed by atoms with E-state index < -0.39 is 0 Å². The molecule has 1 saturated carbocycles. The first-order valence-electron chi connectivity index (χ1n) is 10.6. The monoisotopic (exact) mass is 398 g/mol. The third kappa shape index (κ3) is 3.67. The lowest BCUT2D eigenvalue weighted by molar-refractivity contribution is 0.164. The largest absolute Gasteiger partial charge is 0.381 e. The van der Waals surface area contributed by atoms with Gasteiger partial charge in [0.1, 0.15) is 0 Å². The van der Waals surface area contributed by atoms with Gasteiger partial charge in [0.25, 0.3) is 5.56 Å². The zero-order valence-electron chi connectivity index (χ0n) is 16.9. The number of ether oxygens (including phenoxy) is 1. The molecule has 4 nitrogen and oxygen atoms in total. The van der Waals surface area contributed by atoms with E-state index in [9.17, 15) is 4.79 Å². The van der Waals surface area contributed by atoms with Crippen LogP contribution in [-0.4, -0.2) is 28.9 Å². The molecule has 0 unspecified atom stereocenters. The van der Waals surface area contributed by atoms with Crippen LogP contribution in [0.2, 0.25) is 0 Å². The van der Waals surface area contributed by atoms with E-state index >= 15 is 0 Å². The Morgan fingerprint density at radius 1 is 1.25 bits per heavy atom. The topological polar surface area (TPSA) is 55.0 Å². The van der Waals surface area contributed by atoms with Gasteiger partial charge in [0.2, 0.25) is 0 Å². The molecule has 5 heteroatoms. The molecular formula is C23H30N2O2S. The van der Waals surface area contributed by atoms with Crippen molar-refractivity contribution in [3.63, 3.8) is 0 Å². The molecule has 0 spiro atoms. The normalized spacial score (nSPS) is 21.9. The number of fused-ring (bicyclic) bond motifs is 3. The van der Waals surface area contributed by atoms with Crippen LogP contribution in [-0.2, 0) is 16.6 Å². The van der Waals surface area contributed by atoms with Gasteiger partial charge in [-0.3, -0.25) is 4.79 Å². The number of H-pyrrole nitrogens is 1. The molecular weight excluding hydrogens is 368 g/mol. The standard InChI is InChI=1S/C23H30N2O2S/c1-3-27-13-14-28-22-24-20-18-12-8-7-9-16(18)15-23(2,19(20)21(26)25-22)17-10-5-4-6-11-17/h7-9,12,17H,3-6,10-11,13-15H2,1-2H3,(H,24,25,26)/t23-/m0/s1. The molecule has 1 aromatic heterocycles. The molecule has 1 aromatic carbocycles. The summed E-state index contributed by atoms with van der Waals surface area (Å²) in [6, 6.07) is 8.49. The minimum atomic E-state index is -0.140. The molecule has 2 aliphatic rings. The van der Waals surface area contributed by atoms with Gasteiger partial charge in [0.05, 0.1) is 17.9 Å². The van der Waals surface area contributed by atoms with Crippen molar-refractivity contribution in [2.45, 2.75) is 62.9 Å². The van der Waals surface area contributed by atoms with Crippen molar-refractivity contribution in [2.75, 3.05) is 19.0 Å². The first kappa shape index (κ1) is 19.7. The summed E-state index contributed by atoms with van der Waals surface area (Å²) in [5.41, 5.74) is 4.17. The first-order chi connectivity index (χ1) is 13.6. The Morgan fingerprint density at radius 2 is 2.04 bits per heavy atom. The van der Waals surface area contributed by atoms with Gasteiger partial charge >= 0.3 is 0 Å². The van der Waals surface area contributed by atoms with Crippen molar-refractivity contribution >= 4 is 11.8 Å². The molecule has 1 heterocycles. The van der Waals surface area contributed by atoms with E-state index in [1.54, 1.807) is 11.8 Å². The second-order valence-corrected chi connectivity index (χ2v) is 9.31. The van der Waals surface area contributed by atoms with Crippen LogP contribution < -0.4 is 5.56 Å². The molecule has 0 amide bonds. The van der Waals surface area contributed by atoms with Crippen molar-refractivity contribution in [3.05, 3.63) is 45.7 Å². The number of rotatable bonds is 6. The smallest absolute Gasteiger partial charge is 0.255 e. The molecule has 2 aromatic rings. The lowest BCUT2D eigenvalue weighted by atomic mass is 9.60. The van der Waals surface area contributed by atoms with Gasteiger partial charge in [-0.15, -0.1) is 0 Å². The fourth-order valence-corrected chi connectivity index (χ4v) is 5.78. The Kier molecular flexibility index (Phi) is 5.93. The minimum Gasteiger partial charge on any atom is -0.381 e. The summed E-state index contributed by atoms with van der Waals surface area (Å²) in [4.78, 5) is 21.3. The number of hydrogen-bond donors (Lipinski definition) is 1. The summed E-state index contributed by atoms with van der Waals surface area (Å²) in [6.07, 6.45) is 7.22. The number of nitrogens with zero attached hydrogens (tertiary/aromatic N) is 1. The van der Waals surface area contributed by atoms with E-state index in [0.717, 1.165) is 29.0 Å². The highest BCUT2D eigenvalue weighted by molar-refractivity contribution is 7.99. The number of nitrogens with one attached hydrogen (secondary N) is 1. The summed E-state index contributed by atoms with van der Waals surface area (Å²) in [5, 5.41) is 0.700. The predicted molar refractivity (Wildman–Crippen MR) is 115 cm³/mol. The van der Waals surface area contributed by atoms with Gasteiger partial charge in [0.15, 0.2) is 5.16 Å². The Labute approximate surface area is 171 Å².